The van der Waals surface area contributed by atoms with Gasteiger partial charge >= 0.3 is 0 Å². The largest absolute Gasteiger partial charge is 0.497 e. The number of benzene rings is 2. The minimum atomic E-state index is 0.0332. The molecule has 1 heterocycles. The summed E-state index contributed by atoms with van der Waals surface area (Å²) in [6, 6.07) is 14.3. The fourth-order valence-electron chi connectivity index (χ4n) is 3.36. The minimum Gasteiger partial charge on any atom is -0.497 e. The fraction of sp³-hybridized carbons (Fsp3) is 0.350. The van der Waals surface area contributed by atoms with Crippen LogP contribution in [-0.2, 0) is 4.79 Å². The zero-order valence-electron chi connectivity index (χ0n) is 14.6. The number of ether oxygens (including phenoxy) is 1. The zero-order valence-corrected chi connectivity index (χ0v) is 16.2. The lowest BCUT2D eigenvalue weighted by molar-refractivity contribution is -0.117. The van der Waals surface area contributed by atoms with Crippen LogP contribution < -0.4 is 10.1 Å². The Kier molecular flexibility index (Phi) is 5.76. The van der Waals surface area contributed by atoms with Gasteiger partial charge in [0.2, 0.25) is 5.91 Å². The number of carbonyl (C=O) groups is 1. The highest BCUT2D eigenvalue weighted by Crippen LogP contribution is 2.32. The standard InChI is InChI=1S/C20H23BrN2O2/c1-14-12-16(21)7-10-18(14)22-20(24)13-23-11-3-4-19(23)15-5-8-17(25-2)9-6-15/h5-10,12,19H,3-4,11,13H2,1-2H3,(H,22,24). The van der Waals surface area contributed by atoms with E-state index in [1.807, 2.05) is 37.3 Å². The number of aryl methyl sites for hydroxylation is 1. The van der Waals surface area contributed by atoms with Crippen molar-refractivity contribution in [1.82, 2.24) is 4.90 Å². The first-order valence-electron chi connectivity index (χ1n) is 8.51. The van der Waals surface area contributed by atoms with Gasteiger partial charge in [-0.05, 0) is 67.8 Å². The summed E-state index contributed by atoms with van der Waals surface area (Å²) >= 11 is 3.45. The first-order chi connectivity index (χ1) is 12.1. The van der Waals surface area contributed by atoms with E-state index in [4.69, 9.17) is 4.74 Å². The molecular weight excluding hydrogens is 380 g/mol. The quantitative estimate of drug-likeness (QED) is 0.797. The first-order valence-corrected chi connectivity index (χ1v) is 9.30. The van der Waals surface area contributed by atoms with E-state index < -0.39 is 0 Å². The van der Waals surface area contributed by atoms with Crippen LogP contribution in [0.3, 0.4) is 0 Å². The van der Waals surface area contributed by atoms with Crippen LogP contribution in [0.2, 0.25) is 0 Å². The number of likely N-dealkylation sites (tertiary alicyclic amines) is 1. The molecule has 0 bridgehead atoms. The summed E-state index contributed by atoms with van der Waals surface area (Å²) in [6.07, 6.45) is 2.19. The third kappa shape index (κ3) is 4.41. The Bertz CT molecular complexity index is 746. The Balaban J connectivity index is 1.65. The molecule has 5 heteroatoms. The first kappa shape index (κ1) is 18.0. The van der Waals surface area contributed by atoms with E-state index in [2.05, 4.69) is 38.3 Å². The number of amides is 1. The average molecular weight is 403 g/mol. The predicted molar refractivity (Wildman–Crippen MR) is 104 cm³/mol. The minimum absolute atomic E-state index is 0.0332. The van der Waals surface area contributed by atoms with Crippen molar-refractivity contribution in [3.8, 4) is 5.75 Å². The van der Waals surface area contributed by atoms with Gasteiger partial charge in [-0.15, -0.1) is 0 Å². The van der Waals surface area contributed by atoms with Crippen LogP contribution in [0.5, 0.6) is 5.75 Å². The van der Waals surface area contributed by atoms with Crippen LogP contribution in [0.1, 0.15) is 30.0 Å². The van der Waals surface area contributed by atoms with Crippen LogP contribution in [0.15, 0.2) is 46.9 Å². The highest BCUT2D eigenvalue weighted by molar-refractivity contribution is 9.10. The van der Waals surface area contributed by atoms with E-state index in [0.29, 0.717) is 12.6 Å². The summed E-state index contributed by atoms with van der Waals surface area (Å²) in [7, 11) is 1.67. The predicted octanol–water partition coefficient (Wildman–Crippen LogP) is 4.54. The number of hydrogen-bond acceptors (Lipinski definition) is 3. The van der Waals surface area contributed by atoms with Crippen molar-refractivity contribution in [2.24, 2.45) is 0 Å². The molecule has 132 valence electrons. The fourth-order valence-corrected chi connectivity index (χ4v) is 3.84. The molecule has 0 aromatic heterocycles. The van der Waals surface area contributed by atoms with Crippen molar-refractivity contribution in [3.63, 3.8) is 0 Å². The Morgan fingerprint density at radius 1 is 1.28 bits per heavy atom. The van der Waals surface area contributed by atoms with Crippen LogP contribution in [0.4, 0.5) is 5.69 Å². The molecule has 3 rings (SSSR count). The molecule has 25 heavy (non-hydrogen) atoms. The summed E-state index contributed by atoms with van der Waals surface area (Å²) in [5.41, 5.74) is 3.16. The molecule has 1 unspecified atom stereocenters. The molecule has 1 amide bonds. The lowest BCUT2D eigenvalue weighted by atomic mass is 10.0. The maximum absolute atomic E-state index is 12.5. The summed E-state index contributed by atoms with van der Waals surface area (Å²) < 4.78 is 6.24. The van der Waals surface area contributed by atoms with Gasteiger partial charge in [0.05, 0.1) is 13.7 Å². The zero-order chi connectivity index (χ0) is 17.8. The molecule has 0 aliphatic carbocycles. The van der Waals surface area contributed by atoms with Crippen molar-refractivity contribution in [2.45, 2.75) is 25.8 Å². The molecule has 4 nitrogen and oxygen atoms in total. The van der Waals surface area contributed by atoms with Gasteiger partial charge in [0, 0.05) is 16.2 Å². The Labute approximate surface area is 157 Å². The molecule has 1 atom stereocenters. The number of anilines is 1. The van der Waals surface area contributed by atoms with Crippen molar-refractivity contribution < 1.29 is 9.53 Å². The molecule has 1 fully saturated rings. The van der Waals surface area contributed by atoms with Gasteiger partial charge < -0.3 is 10.1 Å². The van der Waals surface area contributed by atoms with Crippen molar-refractivity contribution >= 4 is 27.5 Å². The second-order valence-electron chi connectivity index (χ2n) is 6.41. The van der Waals surface area contributed by atoms with Crippen LogP contribution in [0, 0.1) is 6.92 Å². The van der Waals surface area contributed by atoms with E-state index in [1.54, 1.807) is 7.11 Å². The van der Waals surface area contributed by atoms with E-state index in [9.17, 15) is 4.79 Å². The van der Waals surface area contributed by atoms with Gasteiger partial charge in [-0.25, -0.2) is 0 Å². The Morgan fingerprint density at radius 3 is 2.72 bits per heavy atom. The molecule has 0 radical (unpaired) electrons. The van der Waals surface area contributed by atoms with E-state index >= 15 is 0 Å². The monoisotopic (exact) mass is 402 g/mol. The Morgan fingerprint density at radius 2 is 2.04 bits per heavy atom. The maximum Gasteiger partial charge on any atom is 0.238 e. The lowest BCUT2D eigenvalue weighted by Crippen LogP contribution is -2.33. The van der Waals surface area contributed by atoms with Gasteiger partial charge in [-0.1, -0.05) is 28.1 Å². The summed E-state index contributed by atoms with van der Waals surface area (Å²) in [4.78, 5) is 14.8. The SMILES string of the molecule is COc1ccc(C2CCCN2CC(=O)Nc2ccc(Br)cc2C)cc1. The van der Waals surface area contributed by atoms with Crippen molar-refractivity contribution in [3.05, 3.63) is 58.1 Å². The lowest BCUT2D eigenvalue weighted by Gasteiger charge is -2.24. The van der Waals surface area contributed by atoms with E-state index in [0.717, 1.165) is 40.9 Å². The number of carbonyl (C=O) groups excluding carboxylic acids is 1. The third-order valence-corrected chi connectivity index (χ3v) is 5.17. The molecular formula is C20H23BrN2O2. The molecule has 2 aromatic carbocycles. The average Bonchev–Trinajstić information content (AvgIpc) is 3.05. The summed E-state index contributed by atoms with van der Waals surface area (Å²) in [5, 5.41) is 3.03. The number of rotatable bonds is 5. The molecule has 1 N–H and O–H groups in total. The van der Waals surface area contributed by atoms with Crippen molar-refractivity contribution in [2.75, 3.05) is 25.5 Å². The van der Waals surface area contributed by atoms with Crippen LogP contribution in [-0.4, -0.2) is 31.0 Å². The second kappa shape index (κ2) is 8.02. The third-order valence-electron chi connectivity index (χ3n) is 4.67. The number of hydrogen-bond donors (Lipinski definition) is 1. The van der Waals surface area contributed by atoms with Crippen LogP contribution >= 0.6 is 15.9 Å². The van der Waals surface area contributed by atoms with Gasteiger partial charge in [0.25, 0.3) is 0 Å². The summed E-state index contributed by atoms with van der Waals surface area (Å²) in [5.74, 6) is 0.891. The number of nitrogens with one attached hydrogen (secondary N) is 1. The molecule has 0 spiro atoms. The van der Waals surface area contributed by atoms with E-state index in [1.165, 1.54) is 5.56 Å². The number of methoxy groups -OCH3 is 1. The van der Waals surface area contributed by atoms with E-state index in [-0.39, 0.29) is 5.91 Å². The highest BCUT2D eigenvalue weighted by Gasteiger charge is 2.27. The van der Waals surface area contributed by atoms with Crippen LogP contribution in [0.25, 0.3) is 0 Å². The van der Waals surface area contributed by atoms with Gasteiger partial charge in [-0.2, -0.15) is 0 Å². The Hall–Kier alpha value is -1.85. The molecule has 2 aromatic rings. The van der Waals surface area contributed by atoms with Gasteiger partial charge in [-0.3, -0.25) is 9.69 Å². The summed E-state index contributed by atoms with van der Waals surface area (Å²) in [6.45, 7) is 3.35. The molecule has 0 saturated carbocycles. The van der Waals surface area contributed by atoms with Crippen molar-refractivity contribution in [1.29, 1.82) is 0 Å². The number of nitrogens with zero attached hydrogens (tertiary/aromatic N) is 1. The maximum atomic E-state index is 12.5. The molecule has 1 aliphatic heterocycles. The normalized spacial score (nSPS) is 17.5. The molecule has 1 aliphatic rings. The highest BCUT2D eigenvalue weighted by atomic mass is 79.9. The molecule has 1 saturated heterocycles. The topological polar surface area (TPSA) is 41.6 Å². The van der Waals surface area contributed by atoms with Gasteiger partial charge in [0.1, 0.15) is 5.75 Å². The van der Waals surface area contributed by atoms with Gasteiger partial charge in [0.15, 0.2) is 0 Å². The number of halogens is 1. The second-order valence-corrected chi connectivity index (χ2v) is 7.32. The smallest absolute Gasteiger partial charge is 0.238 e.